The zero-order valence-corrected chi connectivity index (χ0v) is 13.0. The van der Waals surface area contributed by atoms with E-state index in [1.165, 1.54) is 0 Å². The van der Waals surface area contributed by atoms with Gasteiger partial charge < -0.3 is 9.30 Å². The van der Waals surface area contributed by atoms with Crippen molar-refractivity contribution in [2.75, 3.05) is 12.5 Å². The highest BCUT2D eigenvalue weighted by atomic mass is 35.5. The van der Waals surface area contributed by atoms with Crippen LogP contribution in [0.2, 0.25) is 0 Å². The summed E-state index contributed by atoms with van der Waals surface area (Å²) in [6.45, 7) is 5.04. The van der Waals surface area contributed by atoms with Gasteiger partial charge in [0.15, 0.2) is 0 Å². The van der Waals surface area contributed by atoms with Crippen LogP contribution in [0.3, 0.4) is 0 Å². The zero-order chi connectivity index (χ0) is 15.0. The van der Waals surface area contributed by atoms with Gasteiger partial charge in [-0.2, -0.15) is 5.26 Å². The fourth-order valence-corrected chi connectivity index (χ4v) is 3.35. The Morgan fingerprint density at radius 1 is 1.57 bits per heavy atom. The molecule has 2 atom stereocenters. The van der Waals surface area contributed by atoms with Crippen molar-refractivity contribution in [1.82, 2.24) is 9.55 Å². The third kappa shape index (κ3) is 2.12. The highest BCUT2D eigenvalue weighted by molar-refractivity contribution is 6.17. The van der Waals surface area contributed by atoms with Crippen molar-refractivity contribution in [2.45, 2.75) is 38.3 Å². The van der Waals surface area contributed by atoms with Crippen LogP contribution >= 0.6 is 11.6 Å². The molecular formula is C16H18ClN3O. The first-order chi connectivity index (χ1) is 10.1. The number of fused-ring (bicyclic) bond motifs is 1. The first-order valence-electron chi connectivity index (χ1n) is 7.20. The number of nitriles is 1. The zero-order valence-electron chi connectivity index (χ0n) is 12.3. The number of hydrogen-bond donors (Lipinski definition) is 0. The Balaban J connectivity index is 2.29. The number of benzene rings is 1. The molecule has 1 fully saturated rings. The van der Waals surface area contributed by atoms with E-state index in [-0.39, 0.29) is 11.6 Å². The largest absolute Gasteiger partial charge is 0.376 e. The molecule has 0 radical (unpaired) electrons. The average Bonchev–Trinajstić information content (AvgIpc) is 3.00. The molecule has 0 aliphatic carbocycles. The van der Waals surface area contributed by atoms with Crippen molar-refractivity contribution in [3.05, 3.63) is 29.6 Å². The van der Waals surface area contributed by atoms with E-state index in [0.29, 0.717) is 17.9 Å². The number of aromatic nitrogens is 2. The van der Waals surface area contributed by atoms with Crippen molar-refractivity contribution in [3.8, 4) is 6.07 Å². The van der Waals surface area contributed by atoms with Crippen LogP contribution in [0.1, 0.15) is 31.7 Å². The van der Waals surface area contributed by atoms with E-state index in [4.69, 9.17) is 21.3 Å². The molecule has 4 nitrogen and oxygen atoms in total. The Bertz CT molecular complexity index is 718. The molecule has 5 heteroatoms. The summed E-state index contributed by atoms with van der Waals surface area (Å²) in [6, 6.07) is 7.97. The number of imidazole rings is 1. The van der Waals surface area contributed by atoms with Gasteiger partial charge in [-0.3, -0.25) is 0 Å². The Hall–Kier alpha value is -1.57. The van der Waals surface area contributed by atoms with Gasteiger partial charge in [0.2, 0.25) is 0 Å². The molecule has 1 aliphatic heterocycles. The molecule has 1 aromatic carbocycles. The molecule has 0 saturated carbocycles. The van der Waals surface area contributed by atoms with Crippen molar-refractivity contribution in [1.29, 1.82) is 5.26 Å². The van der Waals surface area contributed by atoms with Crippen LogP contribution < -0.4 is 0 Å². The molecule has 1 aliphatic rings. The van der Waals surface area contributed by atoms with E-state index < -0.39 is 0 Å². The topological polar surface area (TPSA) is 50.8 Å². The van der Waals surface area contributed by atoms with Crippen LogP contribution in [-0.2, 0) is 16.7 Å². The molecule has 110 valence electrons. The van der Waals surface area contributed by atoms with Crippen LogP contribution in [0, 0.1) is 11.3 Å². The Morgan fingerprint density at radius 2 is 2.38 bits per heavy atom. The molecule has 0 bridgehead atoms. The van der Waals surface area contributed by atoms with Gasteiger partial charge in [-0.1, -0.05) is 6.07 Å². The first kappa shape index (κ1) is 14.4. The molecule has 1 aromatic heterocycles. The number of para-hydroxylation sites is 1. The van der Waals surface area contributed by atoms with Gasteiger partial charge in [-0.05, 0) is 32.4 Å². The lowest BCUT2D eigenvalue weighted by Gasteiger charge is -2.32. The van der Waals surface area contributed by atoms with Crippen molar-refractivity contribution in [2.24, 2.45) is 0 Å². The summed E-state index contributed by atoms with van der Waals surface area (Å²) in [7, 11) is 0. The molecule has 2 aromatic rings. The Morgan fingerprint density at radius 3 is 3.00 bits per heavy atom. The second-order valence-electron chi connectivity index (χ2n) is 5.71. The average molecular weight is 304 g/mol. The van der Waals surface area contributed by atoms with Crippen molar-refractivity contribution < 1.29 is 4.74 Å². The maximum absolute atomic E-state index is 9.30. The summed E-state index contributed by atoms with van der Waals surface area (Å²) in [4.78, 5) is 4.70. The predicted octanol–water partition coefficient (Wildman–Crippen LogP) is 3.21. The van der Waals surface area contributed by atoms with Crippen LogP contribution in [0.25, 0.3) is 11.0 Å². The lowest BCUT2D eigenvalue weighted by Crippen LogP contribution is -2.38. The molecule has 0 spiro atoms. The summed E-state index contributed by atoms with van der Waals surface area (Å²) in [5, 5.41) is 9.30. The second kappa shape index (κ2) is 5.32. The summed E-state index contributed by atoms with van der Waals surface area (Å²) in [6.07, 6.45) is 1.73. The van der Waals surface area contributed by atoms with E-state index in [1.54, 1.807) is 6.07 Å². The number of ether oxygens (including phenoxy) is 1. The summed E-state index contributed by atoms with van der Waals surface area (Å²) < 4.78 is 8.02. The summed E-state index contributed by atoms with van der Waals surface area (Å²) in [5.41, 5.74) is 2.22. The van der Waals surface area contributed by atoms with E-state index in [9.17, 15) is 5.26 Å². The number of nitrogens with zero attached hydrogens (tertiary/aromatic N) is 3. The maximum atomic E-state index is 9.30. The van der Waals surface area contributed by atoms with E-state index in [1.807, 2.05) is 12.1 Å². The second-order valence-corrected chi connectivity index (χ2v) is 6.09. The highest BCUT2D eigenvalue weighted by Gasteiger charge is 2.41. The van der Waals surface area contributed by atoms with E-state index >= 15 is 0 Å². The lowest BCUT2D eigenvalue weighted by molar-refractivity contribution is 0.0764. The first-order valence-corrected chi connectivity index (χ1v) is 7.73. The molecule has 1 saturated heterocycles. The smallest absolute Gasteiger partial charge is 0.111 e. The standard InChI is InChI=1S/C16H18ClN3O/c1-11-16(2,7-9-21-11)20-13-5-3-4-12(10-18)15(13)19-14(20)6-8-17/h3-5,11H,6-9H2,1-2H3. The van der Waals surface area contributed by atoms with Gasteiger partial charge in [0, 0.05) is 18.9 Å². The third-order valence-electron chi connectivity index (χ3n) is 4.56. The highest BCUT2D eigenvalue weighted by Crippen LogP contribution is 2.37. The minimum absolute atomic E-state index is 0.106. The Kier molecular flexibility index (Phi) is 3.64. The quantitative estimate of drug-likeness (QED) is 0.818. The lowest BCUT2D eigenvalue weighted by atomic mass is 9.93. The third-order valence-corrected chi connectivity index (χ3v) is 4.74. The predicted molar refractivity (Wildman–Crippen MR) is 82.6 cm³/mol. The molecular weight excluding hydrogens is 286 g/mol. The number of rotatable bonds is 3. The van der Waals surface area contributed by atoms with Crippen molar-refractivity contribution in [3.63, 3.8) is 0 Å². The van der Waals surface area contributed by atoms with E-state index in [0.717, 1.165) is 29.9 Å². The van der Waals surface area contributed by atoms with Gasteiger partial charge in [0.05, 0.1) is 22.7 Å². The molecule has 21 heavy (non-hydrogen) atoms. The van der Waals surface area contributed by atoms with Crippen LogP contribution in [0.5, 0.6) is 0 Å². The van der Waals surface area contributed by atoms with Gasteiger partial charge >= 0.3 is 0 Å². The van der Waals surface area contributed by atoms with Gasteiger partial charge in [0.25, 0.3) is 0 Å². The maximum Gasteiger partial charge on any atom is 0.111 e. The molecule has 2 heterocycles. The van der Waals surface area contributed by atoms with Crippen LogP contribution in [0.15, 0.2) is 18.2 Å². The number of alkyl halides is 1. The fraction of sp³-hybridized carbons (Fsp3) is 0.500. The molecule has 0 N–H and O–H groups in total. The van der Waals surface area contributed by atoms with E-state index in [2.05, 4.69) is 24.5 Å². The van der Waals surface area contributed by atoms with Crippen molar-refractivity contribution >= 4 is 22.6 Å². The fourth-order valence-electron chi connectivity index (χ4n) is 3.18. The normalized spacial score (nSPS) is 25.3. The Labute approximate surface area is 129 Å². The molecule has 3 rings (SSSR count). The number of hydrogen-bond acceptors (Lipinski definition) is 3. The monoisotopic (exact) mass is 303 g/mol. The summed E-state index contributed by atoms with van der Waals surface area (Å²) in [5.74, 6) is 1.44. The van der Waals surface area contributed by atoms with Gasteiger partial charge in [0.1, 0.15) is 17.4 Å². The summed E-state index contributed by atoms with van der Waals surface area (Å²) >= 11 is 5.95. The van der Waals surface area contributed by atoms with Crippen LogP contribution in [-0.4, -0.2) is 28.1 Å². The number of aryl methyl sites for hydroxylation is 1. The molecule has 0 amide bonds. The minimum Gasteiger partial charge on any atom is -0.376 e. The SMILES string of the molecule is CC1OCCC1(C)n1c(CCCl)nc2c(C#N)cccc21. The van der Waals surface area contributed by atoms with Gasteiger partial charge in [-0.25, -0.2) is 4.98 Å². The van der Waals surface area contributed by atoms with Gasteiger partial charge in [-0.15, -0.1) is 11.6 Å². The minimum atomic E-state index is -0.149. The molecule has 2 unspecified atom stereocenters. The van der Waals surface area contributed by atoms with Crippen LogP contribution in [0.4, 0.5) is 0 Å². The number of halogens is 1.